The van der Waals surface area contributed by atoms with Gasteiger partial charge in [0.05, 0.1) is 5.56 Å². The van der Waals surface area contributed by atoms with Crippen LogP contribution in [0.5, 0.6) is 5.75 Å². The lowest BCUT2D eigenvalue weighted by molar-refractivity contribution is 0.199. The molecule has 1 fully saturated rings. The molecule has 1 atom stereocenters. The Balaban J connectivity index is 1.58. The van der Waals surface area contributed by atoms with Gasteiger partial charge in [0.1, 0.15) is 18.4 Å². The van der Waals surface area contributed by atoms with Crippen LogP contribution in [0.2, 0.25) is 0 Å². The summed E-state index contributed by atoms with van der Waals surface area (Å²) < 4.78 is 5.82. The Bertz CT molecular complexity index is 674. The van der Waals surface area contributed by atoms with Crippen LogP contribution in [0.1, 0.15) is 34.2 Å². The first-order valence-electron chi connectivity index (χ1n) is 7.70. The molecule has 0 amide bonds. The van der Waals surface area contributed by atoms with E-state index in [0.717, 1.165) is 13.1 Å². The van der Waals surface area contributed by atoms with Crippen LogP contribution in [0, 0.1) is 18.3 Å². The zero-order valence-electron chi connectivity index (χ0n) is 12.8. The maximum Gasteiger partial charge on any atom is 0.137 e. The van der Waals surface area contributed by atoms with E-state index in [1.165, 1.54) is 22.6 Å². The molecule has 1 aromatic heterocycles. The Hall–Kier alpha value is -1.83. The SMILES string of the molecule is Cc1ccc(C2CCCN2CCOc2ccccc2C#N)s1. The maximum atomic E-state index is 9.08. The zero-order chi connectivity index (χ0) is 15.4. The van der Waals surface area contributed by atoms with E-state index >= 15 is 0 Å². The van der Waals surface area contributed by atoms with Crippen LogP contribution in [0.3, 0.4) is 0 Å². The van der Waals surface area contributed by atoms with Crippen LogP contribution >= 0.6 is 11.3 Å². The van der Waals surface area contributed by atoms with Crippen LogP contribution in [0.4, 0.5) is 0 Å². The standard InChI is InChI=1S/C18H20N2OS/c1-14-8-9-18(22-14)16-6-4-10-20(16)11-12-21-17-7-3-2-5-15(17)13-19/h2-3,5,7-9,16H,4,6,10-12H2,1H3. The van der Waals surface area contributed by atoms with Gasteiger partial charge in [-0.15, -0.1) is 11.3 Å². The van der Waals surface area contributed by atoms with Crippen molar-refractivity contribution in [1.82, 2.24) is 4.90 Å². The van der Waals surface area contributed by atoms with Gasteiger partial charge < -0.3 is 4.74 Å². The fraction of sp³-hybridized carbons (Fsp3) is 0.389. The van der Waals surface area contributed by atoms with Gasteiger partial charge in [0.2, 0.25) is 0 Å². The van der Waals surface area contributed by atoms with Gasteiger partial charge in [0.25, 0.3) is 0 Å². The van der Waals surface area contributed by atoms with E-state index in [1.54, 1.807) is 6.07 Å². The number of nitrogens with zero attached hydrogens (tertiary/aromatic N) is 2. The number of thiophene rings is 1. The van der Waals surface area contributed by atoms with E-state index in [0.29, 0.717) is 24.0 Å². The summed E-state index contributed by atoms with van der Waals surface area (Å²) in [5.74, 6) is 0.688. The molecule has 0 spiro atoms. The number of rotatable bonds is 5. The first-order valence-corrected chi connectivity index (χ1v) is 8.52. The molecular formula is C18H20N2OS. The summed E-state index contributed by atoms with van der Waals surface area (Å²) >= 11 is 1.90. The van der Waals surface area contributed by atoms with Crippen LogP contribution < -0.4 is 4.74 Å². The first-order chi connectivity index (χ1) is 10.8. The monoisotopic (exact) mass is 312 g/mol. The van der Waals surface area contributed by atoms with Gasteiger partial charge in [-0.05, 0) is 50.6 Å². The first kappa shape index (κ1) is 15.1. The normalized spacial score (nSPS) is 18.3. The van der Waals surface area contributed by atoms with E-state index in [-0.39, 0.29) is 0 Å². The molecule has 4 heteroatoms. The third-order valence-electron chi connectivity index (χ3n) is 4.10. The lowest BCUT2D eigenvalue weighted by Gasteiger charge is -2.23. The maximum absolute atomic E-state index is 9.08. The number of benzene rings is 1. The summed E-state index contributed by atoms with van der Waals surface area (Å²) in [6.45, 7) is 4.82. The molecule has 114 valence electrons. The Kier molecular flexibility index (Phi) is 4.77. The van der Waals surface area contributed by atoms with Gasteiger partial charge >= 0.3 is 0 Å². The molecule has 3 nitrogen and oxygen atoms in total. The highest BCUT2D eigenvalue weighted by molar-refractivity contribution is 7.12. The van der Waals surface area contributed by atoms with Crippen molar-refractivity contribution in [3.05, 3.63) is 51.7 Å². The van der Waals surface area contributed by atoms with Crippen molar-refractivity contribution in [1.29, 1.82) is 5.26 Å². The molecule has 0 saturated carbocycles. The number of aryl methyl sites for hydroxylation is 1. The number of para-hydroxylation sites is 1. The van der Waals surface area contributed by atoms with Crippen LogP contribution in [0.15, 0.2) is 36.4 Å². The molecule has 3 rings (SSSR count). The third-order valence-corrected chi connectivity index (χ3v) is 5.20. The molecule has 2 aromatic rings. The molecule has 1 aliphatic rings. The van der Waals surface area contributed by atoms with E-state index < -0.39 is 0 Å². The lowest BCUT2D eigenvalue weighted by atomic mass is 10.2. The summed E-state index contributed by atoms with van der Waals surface area (Å²) in [7, 11) is 0. The molecule has 0 N–H and O–H groups in total. The highest BCUT2D eigenvalue weighted by Crippen LogP contribution is 2.35. The quantitative estimate of drug-likeness (QED) is 0.832. The molecule has 0 bridgehead atoms. The summed E-state index contributed by atoms with van der Waals surface area (Å²) in [5.41, 5.74) is 0.606. The predicted molar refractivity (Wildman–Crippen MR) is 89.3 cm³/mol. The topological polar surface area (TPSA) is 36.3 Å². The molecule has 0 aliphatic carbocycles. The minimum atomic E-state index is 0.536. The number of hydrogen-bond acceptors (Lipinski definition) is 4. The number of ether oxygens (including phenoxy) is 1. The van der Waals surface area contributed by atoms with Gasteiger partial charge in [-0.2, -0.15) is 5.26 Å². The minimum Gasteiger partial charge on any atom is -0.491 e. The summed E-state index contributed by atoms with van der Waals surface area (Å²) in [4.78, 5) is 5.34. The summed E-state index contributed by atoms with van der Waals surface area (Å²) in [5, 5.41) is 9.08. The molecule has 1 aliphatic heterocycles. The molecule has 0 radical (unpaired) electrons. The van der Waals surface area contributed by atoms with Crippen molar-refractivity contribution in [3.8, 4) is 11.8 Å². The molecule has 1 aromatic carbocycles. The molecule has 1 saturated heterocycles. The number of likely N-dealkylation sites (tertiary alicyclic amines) is 1. The van der Waals surface area contributed by atoms with Gasteiger partial charge in [-0.25, -0.2) is 0 Å². The third kappa shape index (κ3) is 3.32. The van der Waals surface area contributed by atoms with Crippen molar-refractivity contribution >= 4 is 11.3 Å². The highest BCUT2D eigenvalue weighted by Gasteiger charge is 2.26. The Morgan fingerprint density at radius 1 is 1.32 bits per heavy atom. The van der Waals surface area contributed by atoms with Crippen LogP contribution in [0.25, 0.3) is 0 Å². The zero-order valence-corrected chi connectivity index (χ0v) is 13.6. The number of nitriles is 1. The van der Waals surface area contributed by atoms with E-state index in [2.05, 4.69) is 30.0 Å². The Morgan fingerprint density at radius 3 is 2.95 bits per heavy atom. The summed E-state index contributed by atoms with van der Waals surface area (Å²) in [6, 6.07) is 14.6. The smallest absolute Gasteiger partial charge is 0.137 e. The molecule has 1 unspecified atom stereocenters. The van der Waals surface area contributed by atoms with Crippen molar-refractivity contribution in [2.24, 2.45) is 0 Å². The second kappa shape index (κ2) is 6.95. The van der Waals surface area contributed by atoms with Gasteiger partial charge in [-0.1, -0.05) is 12.1 Å². The van der Waals surface area contributed by atoms with Crippen molar-refractivity contribution in [3.63, 3.8) is 0 Å². The van der Waals surface area contributed by atoms with E-state index in [1.807, 2.05) is 29.5 Å². The van der Waals surface area contributed by atoms with Crippen molar-refractivity contribution < 1.29 is 4.74 Å². The fourth-order valence-corrected chi connectivity index (χ4v) is 4.05. The second-order valence-electron chi connectivity index (χ2n) is 5.60. The number of hydrogen-bond donors (Lipinski definition) is 0. The largest absolute Gasteiger partial charge is 0.491 e. The van der Waals surface area contributed by atoms with Crippen molar-refractivity contribution in [2.75, 3.05) is 19.7 Å². The molecule has 22 heavy (non-hydrogen) atoms. The van der Waals surface area contributed by atoms with Crippen molar-refractivity contribution in [2.45, 2.75) is 25.8 Å². The van der Waals surface area contributed by atoms with Gasteiger partial charge in [0.15, 0.2) is 0 Å². The minimum absolute atomic E-state index is 0.536. The van der Waals surface area contributed by atoms with E-state index in [4.69, 9.17) is 10.00 Å². The van der Waals surface area contributed by atoms with Crippen LogP contribution in [-0.4, -0.2) is 24.6 Å². The summed E-state index contributed by atoms with van der Waals surface area (Å²) in [6.07, 6.45) is 2.48. The van der Waals surface area contributed by atoms with Crippen LogP contribution in [-0.2, 0) is 0 Å². The average molecular weight is 312 g/mol. The fourth-order valence-electron chi connectivity index (χ4n) is 3.01. The Morgan fingerprint density at radius 2 is 2.18 bits per heavy atom. The predicted octanol–water partition coefficient (Wildman–Crippen LogP) is 4.14. The molecular weight excluding hydrogens is 292 g/mol. The Labute approximate surface area is 135 Å². The van der Waals surface area contributed by atoms with Gasteiger partial charge in [0, 0.05) is 22.3 Å². The highest BCUT2D eigenvalue weighted by atomic mass is 32.1. The van der Waals surface area contributed by atoms with E-state index in [9.17, 15) is 0 Å². The second-order valence-corrected chi connectivity index (χ2v) is 6.92. The average Bonchev–Trinajstić information content (AvgIpc) is 3.16. The lowest BCUT2D eigenvalue weighted by Crippen LogP contribution is -2.27. The van der Waals surface area contributed by atoms with Gasteiger partial charge in [-0.3, -0.25) is 4.90 Å². The molecule has 2 heterocycles.